The van der Waals surface area contributed by atoms with E-state index in [9.17, 15) is 14.0 Å². The van der Waals surface area contributed by atoms with Gasteiger partial charge in [-0.2, -0.15) is 5.10 Å². The Labute approximate surface area is 157 Å². The summed E-state index contributed by atoms with van der Waals surface area (Å²) >= 11 is 0. The molecule has 2 saturated carbocycles. The maximum absolute atomic E-state index is 13.1. The molecule has 5 nitrogen and oxygen atoms in total. The van der Waals surface area contributed by atoms with E-state index >= 15 is 0 Å². The molecule has 2 aromatic rings. The highest BCUT2D eigenvalue weighted by atomic mass is 19.1. The molecule has 0 bridgehead atoms. The molecule has 3 aliphatic rings. The summed E-state index contributed by atoms with van der Waals surface area (Å²) in [5, 5.41) is 4.11. The fraction of sp³-hybridized carbons (Fsp3) is 0.476. The Morgan fingerprint density at radius 3 is 2.56 bits per heavy atom. The van der Waals surface area contributed by atoms with Gasteiger partial charge >= 0.3 is 0 Å². The molecule has 140 valence electrons. The summed E-state index contributed by atoms with van der Waals surface area (Å²) in [6.45, 7) is 1.12. The first kappa shape index (κ1) is 16.7. The van der Waals surface area contributed by atoms with Crippen LogP contribution in [0.2, 0.25) is 0 Å². The van der Waals surface area contributed by atoms with Crippen molar-refractivity contribution in [2.24, 2.45) is 11.3 Å². The Morgan fingerprint density at radius 2 is 1.89 bits per heavy atom. The van der Waals surface area contributed by atoms with E-state index in [2.05, 4.69) is 17.2 Å². The first-order chi connectivity index (χ1) is 13.1. The number of hydrogen-bond acceptors (Lipinski definition) is 3. The zero-order chi connectivity index (χ0) is 18.6. The van der Waals surface area contributed by atoms with Crippen LogP contribution >= 0.6 is 0 Å². The van der Waals surface area contributed by atoms with Crippen LogP contribution in [0.5, 0.6) is 0 Å². The van der Waals surface area contributed by atoms with E-state index in [1.54, 1.807) is 9.58 Å². The second kappa shape index (κ2) is 6.01. The van der Waals surface area contributed by atoms with Crippen molar-refractivity contribution in [3.8, 4) is 0 Å². The Bertz CT molecular complexity index is 891. The highest BCUT2D eigenvalue weighted by Gasteiger charge is 2.52. The third kappa shape index (κ3) is 2.69. The first-order valence-corrected chi connectivity index (χ1v) is 9.63. The second-order valence-electron chi connectivity index (χ2n) is 8.40. The van der Waals surface area contributed by atoms with Crippen LogP contribution < -0.4 is 4.90 Å². The molecule has 0 N–H and O–H groups in total. The normalized spacial score (nSPS) is 29.2. The number of nitrogens with zero attached hydrogens (tertiary/aromatic N) is 3. The Hall–Kier alpha value is -2.50. The van der Waals surface area contributed by atoms with Crippen LogP contribution in [-0.2, 0) is 13.0 Å². The lowest BCUT2D eigenvalue weighted by Gasteiger charge is -2.55. The molecular weight excluding hydrogens is 345 g/mol. The fourth-order valence-corrected chi connectivity index (χ4v) is 5.23. The van der Waals surface area contributed by atoms with Gasteiger partial charge in [-0.05, 0) is 61.1 Å². The summed E-state index contributed by atoms with van der Waals surface area (Å²) < 4.78 is 14.7. The van der Waals surface area contributed by atoms with Gasteiger partial charge in [0.25, 0.3) is 5.91 Å². The molecule has 0 atom stereocenters. The van der Waals surface area contributed by atoms with Gasteiger partial charge in [-0.15, -0.1) is 0 Å². The smallest absolute Gasteiger partial charge is 0.277 e. The van der Waals surface area contributed by atoms with Crippen molar-refractivity contribution in [1.82, 2.24) is 9.78 Å². The number of aromatic nitrogens is 2. The van der Waals surface area contributed by atoms with Crippen LogP contribution in [-0.4, -0.2) is 34.7 Å². The van der Waals surface area contributed by atoms with E-state index in [1.807, 2.05) is 12.1 Å². The molecule has 2 aliphatic carbocycles. The summed E-state index contributed by atoms with van der Waals surface area (Å²) in [5.74, 6) is 0.477. The van der Waals surface area contributed by atoms with Gasteiger partial charge in [-0.3, -0.25) is 14.3 Å². The van der Waals surface area contributed by atoms with Crippen molar-refractivity contribution in [3.05, 3.63) is 47.3 Å². The molecule has 0 saturated heterocycles. The topological polar surface area (TPSA) is 55.2 Å². The molecule has 1 aromatic heterocycles. The van der Waals surface area contributed by atoms with Gasteiger partial charge in [-0.1, -0.05) is 12.1 Å². The number of benzene rings is 1. The molecule has 2 fully saturated rings. The lowest BCUT2D eigenvalue weighted by atomic mass is 9.50. The van der Waals surface area contributed by atoms with Crippen molar-refractivity contribution < 1.29 is 14.0 Å². The number of halogens is 1. The van der Waals surface area contributed by atoms with E-state index in [0.29, 0.717) is 42.0 Å². The fourth-order valence-electron chi connectivity index (χ4n) is 5.23. The highest BCUT2D eigenvalue weighted by molar-refractivity contribution is 6.09. The third-order valence-corrected chi connectivity index (χ3v) is 6.50. The van der Waals surface area contributed by atoms with E-state index in [0.717, 1.165) is 37.8 Å². The molecule has 27 heavy (non-hydrogen) atoms. The van der Waals surface area contributed by atoms with Gasteiger partial charge in [0.2, 0.25) is 0 Å². The molecule has 0 unspecified atom stereocenters. The zero-order valence-electron chi connectivity index (χ0n) is 15.1. The van der Waals surface area contributed by atoms with Crippen molar-refractivity contribution in [1.29, 1.82) is 0 Å². The minimum absolute atomic E-state index is 0.180. The minimum atomic E-state index is -0.566. The van der Waals surface area contributed by atoms with Gasteiger partial charge in [0.15, 0.2) is 6.29 Å². The molecule has 6 heteroatoms. The SMILES string of the molecule is O=Cc1cnn2c1C(=O)N(c1ccc(CC3CC4(CC(F)C4)C3)cc1)CC2. The summed E-state index contributed by atoms with van der Waals surface area (Å²) in [4.78, 5) is 25.7. The van der Waals surface area contributed by atoms with Gasteiger partial charge in [0.1, 0.15) is 11.9 Å². The van der Waals surface area contributed by atoms with Gasteiger partial charge < -0.3 is 4.90 Å². The molecule has 1 spiro atoms. The Kier molecular flexibility index (Phi) is 3.71. The molecule has 1 amide bonds. The van der Waals surface area contributed by atoms with E-state index in [1.165, 1.54) is 11.8 Å². The number of rotatable bonds is 4. The molecule has 1 aromatic carbocycles. The summed E-state index contributed by atoms with van der Waals surface area (Å²) in [6, 6.07) is 8.13. The summed E-state index contributed by atoms with van der Waals surface area (Å²) in [6.07, 6.45) is 6.42. The third-order valence-electron chi connectivity index (χ3n) is 6.50. The van der Waals surface area contributed by atoms with Gasteiger partial charge in [0, 0.05) is 12.2 Å². The predicted molar refractivity (Wildman–Crippen MR) is 98.7 cm³/mol. The highest BCUT2D eigenvalue weighted by Crippen LogP contribution is 2.60. The number of anilines is 1. The number of carbonyl (C=O) groups is 2. The van der Waals surface area contributed by atoms with E-state index in [4.69, 9.17) is 0 Å². The summed E-state index contributed by atoms with van der Waals surface area (Å²) in [5.41, 5.74) is 3.14. The lowest BCUT2D eigenvalue weighted by Crippen LogP contribution is -2.49. The number of aldehydes is 1. The van der Waals surface area contributed by atoms with Crippen molar-refractivity contribution in [3.63, 3.8) is 0 Å². The van der Waals surface area contributed by atoms with Crippen LogP contribution in [0.4, 0.5) is 10.1 Å². The van der Waals surface area contributed by atoms with Gasteiger partial charge in [-0.25, -0.2) is 4.39 Å². The quantitative estimate of drug-likeness (QED) is 0.778. The predicted octanol–water partition coefficient (Wildman–Crippen LogP) is 3.43. The molecule has 2 heterocycles. The van der Waals surface area contributed by atoms with Crippen LogP contribution in [0.3, 0.4) is 0 Å². The van der Waals surface area contributed by atoms with Crippen molar-refractivity contribution in [2.45, 2.75) is 44.8 Å². The maximum Gasteiger partial charge on any atom is 0.277 e. The van der Waals surface area contributed by atoms with Crippen LogP contribution in [0.25, 0.3) is 0 Å². The van der Waals surface area contributed by atoms with Crippen LogP contribution in [0.15, 0.2) is 30.5 Å². The van der Waals surface area contributed by atoms with Crippen LogP contribution in [0, 0.1) is 11.3 Å². The summed E-state index contributed by atoms with van der Waals surface area (Å²) in [7, 11) is 0. The number of fused-ring (bicyclic) bond motifs is 1. The van der Waals surface area contributed by atoms with E-state index < -0.39 is 6.17 Å². The zero-order valence-corrected chi connectivity index (χ0v) is 15.1. The maximum atomic E-state index is 13.1. The number of carbonyl (C=O) groups excluding carboxylic acids is 2. The number of amides is 1. The standard InChI is InChI=1S/C21H22FN3O2/c22-17-10-21(11-17)8-15(9-21)7-14-1-3-18(4-2-14)24-5-6-25-19(20(24)27)16(13-26)12-23-25/h1-4,12-13,15,17H,5-11H2. The largest absolute Gasteiger partial charge is 0.305 e. The number of alkyl halides is 1. The first-order valence-electron chi connectivity index (χ1n) is 9.63. The van der Waals surface area contributed by atoms with E-state index in [-0.39, 0.29) is 5.91 Å². The monoisotopic (exact) mass is 367 g/mol. The molecule has 1 aliphatic heterocycles. The lowest BCUT2D eigenvalue weighted by molar-refractivity contribution is -0.0783. The average Bonchev–Trinajstić information content (AvgIpc) is 3.04. The van der Waals surface area contributed by atoms with Gasteiger partial charge in [0.05, 0.1) is 18.3 Å². The molecular formula is C21H22FN3O2. The van der Waals surface area contributed by atoms with Crippen molar-refractivity contribution in [2.75, 3.05) is 11.4 Å². The molecule has 0 radical (unpaired) electrons. The minimum Gasteiger partial charge on any atom is -0.305 e. The Balaban J connectivity index is 1.26. The van der Waals surface area contributed by atoms with Crippen LogP contribution in [0.1, 0.15) is 52.1 Å². The second-order valence-corrected chi connectivity index (χ2v) is 8.40. The number of hydrogen-bond donors (Lipinski definition) is 0. The average molecular weight is 367 g/mol. The molecule has 5 rings (SSSR count). The Morgan fingerprint density at radius 1 is 1.15 bits per heavy atom. The van der Waals surface area contributed by atoms with Crippen molar-refractivity contribution >= 4 is 17.9 Å².